The molecule has 0 amide bonds. The van der Waals surface area contributed by atoms with Gasteiger partial charge in [0.05, 0.1) is 14.2 Å². The van der Waals surface area contributed by atoms with Crippen molar-refractivity contribution in [2.45, 2.75) is 0 Å². The van der Waals surface area contributed by atoms with Gasteiger partial charge in [0.1, 0.15) is 5.69 Å². The molecule has 0 bridgehead atoms. The number of nitrogens with zero attached hydrogens (tertiary/aromatic N) is 1. The van der Waals surface area contributed by atoms with Crippen LogP contribution in [0.15, 0.2) is 34.9 Å². The number of carboxylic acids is 1. The molecule has 1 N–H and O–H groups in total. The van der Waals surface area contributed by atoms with E-state index in [4.69, 9.17) is 14.6 Å². The van der Waals surface area contributed by atoms with Crippen molar-refractivity contribution in [1.82, 2.24) is 4.57 Å². The molecule has 100 valence electrons. The number of methoxy groups -OCH3 is 2. The number of carboxylic acid groups (broad SMARTS) is 1. The first-order valence-corrected chi connectivity index (χ1v) is 6.19. The molecule has 1 heterocycles. The predicted molar refractivity (Wildman–Crippen MR) is 73.5 cm³/mol. The Morgan fingerprint density at radius 3 is 2.47 bits per heavy atom. The van der Waals surface area contributed by atoms with Crippen molar-refractivity contribution in [3.05, 3.63) is 40.6 Å². The van der Waals surface area contributed by atoms with Gasteiger partial charge in [0.25, 0.3) is 0 Å². The number of halogens is 1. The topological polar surface area (TPSA) is 60.7 Å². The maximum atomic E-state index is 11.2. The Morgan fingerprint density at radius 2 is 1.89 bits per heavy atom. The summed E-state index contributed by atoms with van der Waals surface area (Å²) < 4.78 is 12.6. The van der Waals surface area contributed by atoms with Crippen molar-refractivity contribution in [2.24, 2.45) is 0 Å². The highest BCUT2D eigenvalue weighted by molar-refractivity contribution is 9.10. The molecule has 1 aromatic carbocycles. The highest BCUT2D eigenvalue weighted by Gasteiger charge is 2.14. The van der Waals surface area contributed by atoms with Crippen LogP contribution in [0.5, 0.6) is 11.5 Å². The van der Waals surface area contributed by atoms with E-state index in [1.807, 2.05) is 0 Å². The lowest BCUT2D eigenvalue weighted by Gasteiger charge is -2.11. The quantitative estimate of drug-likeness (QED) is 0.938. The fourth-order valence-corrected chi connectivity index (χ4v) is 2.21. The number of ether oxygens (including phenoxy) is 2. The second-order valence-corrected chi connectivity index (χ2v) is 4.67. The minimum Gasteiger partial charge on any atom is -0.493 e. The first-order valence-electron chi connectivity index (χ1n) is 5.40. The minimum atomic E-state index is -1.000. The van der Waals surface area contributed by atoms with Crippen LogP contribution in [0.3, 0.4) is 0 Å². The normalized spacial score (nSPS) is 10.3. The van der Waals surface area contributed by atoms with Crippen LogP contribution in [0, 0.1) is 0 Å². The molecule has 19 heavy (non-hydrogen) atoms. The summed E-state index contributed by atoms with van der Waals surface area (Å²) in [6.45, 7) is 0. The van der Waals surface area contributed by atoms with Crippen molar-refractivity contribution >= 4 is 21.9 Å². The Morgan fingerprint density at radius 1 is 1.21 bits per heavy atom. The second-order valence-electron chi connectivity index (χ2n) is 3.76. The summed E-state index contributed by atoms with van der Waals surface area (Å²) in [4.78, 5) is 11.2. The van der Waals surface area contributed by atoms with Crippen molar-refractivity contribution in [3.63, 3.8) is 0 Å². The van der Waals surface area contributed by atoms with Crippen molar-refractivity contribution in [3.8, 4) is 17.2 Å². The summed E-state index contributed by atoms with van der Waals surface area (Å²) in [6.07, 6.45) is 1.69. The van der Waals surface area contributed by atoms with Gasteiger partial charge in [-0.05, 0) is 34.1 Å². The molecule has 0 spiro atoms. The average Bonchev–Trinajstić information content (AvgIpc) is 2.80. The maximum absolute atomic E-state index is 11.2. The molecule has 1 aromatic heterocycles. The number of aromatic carboxylic acids is 1. The van der Waals surface area contributed by atoms with Gasteiger partial charge in [-0.3, -0.25) is 0 Å². The Hall–Kier alpha value is -1.95. The molecule has 2 aromatic rings. The molecule has 0 unspecified atom stereocenters. The first kappa shape index (κ1) is 13.5. The van der Waals surface area contributed by atoms with Crippen LogP contribution in [0.1, 0.15) is 10.5 Å². The number of aromatic nitrogens is 1. The van der Waals surface area contributed by atoms with Crippen molar-refractivity contribution in [2.75, 3.05) is 14.2 Å². The van der Waals surface area contributed by atoms with Crippen LogP contribution in [0.4, 0.5) is 0 Å². The third kappa shape index (κ3) is 2.58. The van der Waals surface area contributed by atoms with Crippen molar-refractivity contribution in [1.29, 1.82) is 0 Å². The van der Waals surface area contributed by atoms with E-state index in [0.717, 1.165) is 0 Å². The number of carbonyl (C=O) groups is 1. The molecule has 0 aliphatic carbocycles. The summed E-state index contributed by atoms with van der Waals surface area (Å²) in [6, 6.07) is 6.75. The largest absolute Gasteiger partial charge is 0.493 e. The lowest BCUT2D eigenvalue weighted by molar-refractivity contribution is 0.0688. The molecular weight excluding hydrogens is 314 g/mol. The van der Waals surface area contributed by atoms with Crippen LogP contribution < -0.4 is 9.47 Å². The van der Waals surface area contributed by atoms with Crippen LogP contribution in [0.2, 0.25) is 0 Å². The molecule has 0 fully saturated rings. The van der Waals surface area contributed by atoms with Gasteiger partial charge in [-0.1, -0.05) is 0 Å². The van der Waals surface area contributed by atoms with E-state index in [1.165, 1.54) is 7.11 Å². The molecule has 0 saturated heterocycles. The summed E-state index contributed by atoms with van der Waals surface area (Å²) in [5, 5.41) is 9.17. The molecule has 6 heteroatoms. The molecule has 0 aliphatic rings. The van der Waals surface area contributed by atoms with Crippen molar-refractivity contribution < 1.29 is 19.4 Å². The maximum Gasteiger partial charge on any atom is 0.352 e. The van der Waals surface area contributed by atoms with E-state index in [1.54, 1.807) is 42.1 Å². The van der Waals surface area contributed by atoms with E-state index in [-0.39, 0.29) is 5.69 Å². The summed E-state index contributed by atoms with van der Waals surface area (Å²) >= 11 is 3.27. The monoisotopic (exact) mass is 325 g/mol. The lowest BCUT2D eigenvalue weighted by atomic mass is 10.2. The zero-order chi connectivity index (χ0) is 14.0. The molecule has 0 aliphatic heterocycles. The average molecular weight is 326 g/mol. The van der Waals surface area contributed by atoms with Gasteiger partial charge in [0.15, 0.2) is 11.5 Å². The Bertz CT molecular complexity index is 621. The van der Waals surface area contributed by atoms with E-state index < -0.39 is 5.97 Å². The highest BCUT2D eigenvalue weighted by atomic mass is 79.9. The Balaban J connectivity index is 2.56. The van der Waals surface area contributed by atoms with Gasteiger partial charge in [0.2, 0.25) is 0 Å². The third-order valence-electron chi connectivity index (χ3n) is 2.65. The Kier molecular flexibility index (Phi) is 3.80. The third-order valence-corrected chi connectivity index (χ3v) is 3.08. The fraction of sp³-hybridized carbons (Fsp3) is 0.154. The minimum absolute atomic E-state index is 0.166. The van der Waals surface area contributed by atoms with Gasteiger partial charge < -0.3 is 19.1 Å². The van der Waals surface area contributed by atoms with E-state index in [2.05, 4.69) is 15.9 Å². The SMILES string of the molecule is COc1ccc(-n2cc(Br)cc2C(=O)O)cc1OC. The van der Waals surface area contributed by atoms with Gasteiger partial charge in [-0.2, -0.15) is 0 Å². The molecule has 2 rings (SSSR count). The molecule has 0 radical (unpaired) electrons. The Labute approximate surface area is 118 Å². The summed E-state index contributed by atoms with van der Waals surface area (Å²) in [5.41, 5.74) is 0.847. The van der Waals surface area contributed by atoms with Gasteiger partial charge >= 0.3 is 5.97 Å². The van der Waals surface area contributed by atoms with E-state index in [0.29, 0.717) is 21.7 Å². The number of benzene rings is 1. The summed E-state index contributed by atoms with van der Waals surface area (Å²) in [7, 11) is 3.08. The van der Waals surface area contributed by atoms with E-state index >= 15 is 0 Å². The number of hydrogen-bond donors (Lipinski definition) is 1. The van der Waals surface area contributed by atoms with Gasteiger partial charge in [0, 0.05) is 22.4 Å². The zero-order valence-electron chi connectivity index (χ0n) is 10.4. The molecule has 0 saturated carbocycles. The number of hydrogen-bond acceptors (Lipinski definition) is 3. The van der Waals surface area contributed by atoms with E-state index in [9.17, 15) is 4.79 Å². The lowest BCUT2D eigenvalue weighted by Crippen LogP contribution is -2.05. The van der Waals surface area contributed by atoms with Crippen LogP contribution in [0.25, 0.3) is 5.69 Å². The standard InChI is InChI=1S/C13H12BrNO4/c1-18-11-4-3-9(6-12(11)19-2)15-7-8(14)5-10(15)13(16)17/h3-7H,1-2H3,(H,16,17). The molecular formula is C13H12BrNO4. The molecule has 5 nitrogen and oxygen atoms in total. The summed E-state index contributed by atoms with van der Waals surface area (Å²) in [5.74, 6) is 0.135. The second kappa shape index (κ2) is 5.36. The van der Waals surface area contributed by atoms with Crippen LogP contribution in [-0.2, 0) is 0 Å². The van der Waals surface area contributed by atoms with Gasteiger partial charge in [-0.25, -0.2) is 4.79 Å². The first-order chi connectivity index (χ1) is 9.06. The number of rotatable bonds is 4. The predicted octanol–water partition coefficient (Wildman–Crippen LogP) is 2.96. The highest BCUT2D eigenvalue weighted by Crippen LogP contribution is 2.30. The zero-order valence-corrected chi connectivity index (χ0v) is 12.0. The van der Waals surface area contributed by atoms with Gasteiger partial charge in [-0.15, -0.1) is 0 Å². The fourth-order valence-electron chi connectivity index (χ4n) is 1.78. The van der Waals surface area contributed by atoms with Crippen LogP contribution >= 0.6 is 15.9 Å². The van der Waals surface area contributed by atoms with Crippen LogP contribution in [-0.4, -0.2) is 29.9 Å². The molecule has 0 atom stereocenters. The smallest absolute Gasteiger partial charge is 0.352 e.